The van der Waals surface area contributed by atoms with Crippen molar-refractivity contribution in [2.75, 3.05) is 65.6 Å². The molecule has 0 N–H and O–H groups in total. The molecule has 1 aromatic carbocycles. The van der Waals surface area contributed by atoms with Crippen LogP contribution >= 0.6 is 0 Å². The van der Waals surface area contributed by atoms with Gasteiger partial charge >= 0.3 is 0 Å². The summed E-state index contributed by atoms with van der Waals surface area (Å²) >= 11 is 0. The lowest BCUT2D eigenvalue weighted by Crippen LogP contribution is -2.44. The van der Waals surface area contributed by atoms with Gasteiger partial charge in [-0.1, -0.05) is 30.3 Å². The fourth-order valence-electron chi connectivity index (χ4n) is 5.16. The molecule has 0 aromatic heterocycles. The van der Waals surface area contributed by atoms with Crippen LogP contribution in [0.5, 0.6) is 0 Å². The first-order valence-electron chi connectivity index (χ1n) is 11.9. The number of ether oxygens (including phenoxy) is 1. The molecular weight excluding hydrogens is 400 g/mol. The molecule has 170 valence electrons. The van der Waals surface area contributed by atoms with Gasteiger partial charge in [-0.05, 0) is 24.8 Å². The molecule has 3 aliphatic rings. The number of piperidine rings is 1. The summed E-state index contributed by atoms with van der Waals surface area (Å²) in [5.41, 5.74) is 1.62. The molecule has 0 bridgehead atoms. The van der Waals surface area contributed by atoms with Crippen LogP contribution in [0.1, 0.15) is 24.8 Å². The van der Waals surface area contributed by atoms with Crippen molar-refractivity contribution >= 4 is 0 Å². The predicted octanol–water partition coefficient (Wildman–Crippen LogP) is 2.25. The summed E-state index contributed by atoms with van der Waals surface area (Å²) in [4.78, 5) is 9.59. The number of nitrogens with zero attached hydrogens (tertiary/aromatic N) is 6. The molecule has 7 heteroatoms. The van der Waals surface area contributed by atoms with Crippen molar-refractivity contribution in [2.45, 2.75) is 31.8 Å². The van der Waals surface area contributed by atoms with Gasteiger partial charge in [-0.15, -0.1) is 0 Å². The van der Waals surface area contributed by atoms with Gasteiger partial charge in [-0.25, -0.2) is 0 Å². The molecule has 3 saturated heterocycles. The van der Waals surface area contributed by atoms with E-state index in [1.165, 1.54) is 5.56 Å². The van der Waals surface area contributed by atoms with E-state index in [0.29, 0.717) is 6.04 Å². The molecule has 0 atom stereocenters. The van der Waals surface area contributed by atoms with Gasteiger partial charge < -0.3 is 14.5 Å². The highest BCUT2D eigenvalue weighted by Crippen LogP contribution is 2.29. The molecule has 0 aliphatic carbocycles. The molecule has 3 heterocycles. The maximum absolute atomic E-state index is 9.64. The second kappa shape index (κ2) is 11.3. The zero-order valence-electron chi connectivity index (χ0n) is 19.0. The smallest absolute Gasteiger partial charge is 0.169 e. The number of rotatable bonds is 7. The monoisotopic (exact) mass is 434 g/mol. The van der Waals surface area contributed by atoms with Crippen molar-refractivity contribution < 1.29 is 4.74 Å². The number of allylic oxidation sites excluding steroid dienone is 1. The van der Waals surface area contributed by atoms with E-state index >= 15 is 0 Å². The average Bonchev–Trinajstić information content (AvgIpc) is 3.25. The molecular formula is C25H34N6O. The lowest BCUT2D eigenvalue weighted by molar-refractivity contribution is 0.0365. The van der Waals surface area contributed by atoms with Crippen LogP contribution in [0.15, 0.2) is 41.7 Å². The molecule has 0 unspecified atom stereocenters. The Kier molecular flexibility index (Phi) is 8.01. The lowest BCUT2D eigenvalue weighted by atomic mass is 10.0. The Labute approximate surface area is 192 Å². The molecule has 3 fully saturated rings. The lowest BCUT2D eigenvalue weighted by Gasteiger charge is -2.38. The number of benzene rings is 1. The molecule has 1 aromatic rings. The first kappa shape index (κ1) is 22.6. The fraction of sp³-hybridized carbons (Fsp3) is 0.600. The summed E-state index contributed by atoms with van der Waals surface area (Å²) in [6.07, 6.45) is 3.18. The van der Waals surface area contributed by atoms with Gasteiger partial charge in [0, 0.05) is 64.9 Å². The average molecular weight is 435 g/mol. The van der Waals surface area contributed by atoms with E-state index in [9.17, 15) is 10.5 Å². The van der Waals surface area contributed by atoms with E-state index in [1.54, 1.807) is 0 Å². The second-order valence-corrected chi connectivity index (χ2v) is 8.90. The minimum absolute atomic E-state index is 0.264. The van der Waals surface area contributed by atoms with Crippen molar-refractivity contribution in [3.8, 4) is 12.1 Å². The summed E-state index contributed by atoms with van der Waals surface area (Å²) in [7, 11) is 0. The van der Waals surface area contributed by atoms with E-state index in [1.807, 2.05) is 0 Å². The highest BCUT2D eigenvalue weighted by atomic mass is 16.5. The van der Waals surface area contributed by atoms with Crippen LogP contribution in [0.3, 0.4) is 0 Å². The van der Waals surface area contributed by atoms with E-state index in [-0.39, 0.29) is 5.57 Å². The molecule has 0 saturated carbocycles. The quantitative estimate of drug-likeness (QED) is 0.610. The highest BCUT2D eigenvalue weighted by Gasteiger charge is 2.34. The third-order valence-corrected chi connectivity index (χ3v) is 6.88. The summed E-state index contributed by atoms with van der Waals surface area (Å²) in [5.74, 6) is 0.874. The zero-order chi connectivity index (χ0) is 22.2. The molecule has 32 heavy (non-hydrogen) atoms. The third-order valence-electron chi connectivity index (χ3n) is 6.88. The SMILES string of the molecule is N#CC(C#N)=C1N(CCCN2CCOCC2)CCN1C1CCN(Cc2ccccc2)CC1. The highest BCUT2D eigenvalue weighted by molar-refractivity contribution is 5.40. The molecule has 3 aliphatic heterocycles. The topological polar surface area (TPSA) is 69.8 Å². The Balaban J connectivity index is 1.34. The van der Waals surface area contributed by atoms with Gasteiger partial charge in [0.25, 0.3) is 0 Å². The minimum Gasteiger partial charge on any atom is -0.379 e. The van der Waals surface area contributed by atoms with Gasteiger partial charge in [0.2, 0.25) is 0 Å². The third kappa shape index (κ3) is 5.61. The van der Waals surface area contributed by atoms with E-state index < -0.39 is 0 Å². The predicted molar refractivity (Wildman–Crippen MR) is 123 cm³/mol. The first-order chi connectivity index (χ1) is 15.8. The first-order valence-corrected chi connectivity index (χ1v) is 11.9. The maximum atomic E-state index is 9.64. The number of hydrogen-bond donors (Lipinski definition) is 0. The van der Waals surface area contributed by atoms with Crippen LogP contribution in [-0.2, 0) is 11.3 Å². The number of hydrogen-bond acceptors (Lipinski definition) is 7. The number of nitriles is 2. The van der Waals surface area contributed by atoms with Gasteiger partial charge in [-0.3, -0.25) is 9.80 Å². The number of morpholine rings is 1. The molecule has 0 radical (unpaired) electrons. The molecule has 7 nitrogen and oxygen atoms in total. The summed E-state index contributed by atoms with van der Waals surface area (Å²) in [6.45, 7) is 10.5. The van der Waals surface area contributed by atoms with Crippen molar-refractivity contribution in [1.82, 2.24) is 19.6 Å². The molecule has 0 spiro atoms. The van der Waals surface area contributed by atoms with Gasteiger partial charge in [0.1, 0.15) is 18.0 Å². The summed E-state index contributed by atoms with van der Waals surface area (Å²) < 4.78 is 5.44. The van der Waals surface area contributed by atoms with Crippen LogP contribution in [0.25, 0.3) is 0 Å². The van der Waals surface area contributed by atoms with Crippen LogP contribution < -0.4 is 0 Å². The Bertz CT molecular complexity index is 827. The van der Waals surface area contributed by atoms with Gasteiger partial charge in [0.05, 0.1) is 13.2 Å². The van der Waals surface area contributed by atoms with Crippen molar-refractivity contribution in [3.63, 3.8) is 0 Å². The Hall–Kier alpha value is -2.58. The normalized spacial score (nSPS) is 20.9. The summed E-state index contributed by atoms with van der Waals surface area (Å²) in [6, 6.07) is 15.4. The van der Waals surface area contributed by atoms with E-state index in [4.69, 9.17) is 4.74 Å². The van der Waals surface area contributed by atoms with Crippen LogP contribution in [0, 0.1) is 22.7 Å². The summed E-state index contributed by atoms with van der Waals surface area (Å²) in [5, 5.41) is 19.3. The Morgan fingerprint density at radius 1 is 0.875 bits per heavy atom. The Morgan fingerprint density at radius 2 is 1.59 bits per heavy atom. The maximum Gasteiger partial charge on any atom is 0.169 e. The van der Waals surface area contributed by atoms with Crippen molar-refractivity contribution in [1.29, 1.82) is 10.5 Å². The molecule has 0 amide bonds. The fourth-order valence-corrected chi connectivity index (χ4v) is 5.16. The molecule has 4 rings (SSSR count). The Morgan fingerprint density at radius 3 is 2.28 bits per heavy atom. The van der Waals surface area contributed by atoms with E-state index in [0.717, 1.165) is 97.2 Å². The number of likely N-dealkylation sites (tertiary alicyclic amines) is 1. The van der Waals surface area contributed by atoms with Crippen molar-refractivity contribution in [2.24, 2.45) is 0 Å². The van der Waals surface area contributed by atoms with E-state index in [2.05, 4.69) is 62.1 Å². The van der Waals surface area contributed by atoms with Gasteiger partial charge in [0.15, 0.2) is 5.57 Å². The van der Waals surface area contributed by atoms with Crippen molar-refractivity contribution in [3.05, 3.63) is 47.3 Å². The zero-order valence-corrected chi connectivity index (χ0v) is 19.0. The standard InChI is InChI=1S/C25H34N6O/c26-19-23(20-27)25-30(10-4-9-28-15-17-32-18-16-28)13-14-31(25)24-7-11-29(12-8-24)21-22-5-2-1-3-6-22/h1-3,5-6,24H,4,7-18,21H2. The van der Waals surface area contributed by atoms with Crippen LogP contribution in [-0.4, -0.2) is 91.2 Å². The minimum atomic E-state index is 0.264. The second-order valence-electron chi connectivity index (χ2n) is 8.90. The largest absolute Gasteiger partial charge is 0.379 e. The van der Waals surface area contributed by atoms with Crippen LogP contribution in [0.4, 0.5) is 0 Å². The van der Waals surface area contributed by atoms with Crippen LogP contribution in [0.2, 0.25) is 0 Å². The van der Waals surface area contributed by atoms with Gasteiger partial charge in [-0.2, -0.15) is 10.5 Å².